The molecule has 0 saturated heterocycles. The topological polar surface area (TPSA) is 9.23 Å². The summed E-state index contributed by atoms with van der Waals surface area (Å²) in [7, 11) is 1.74. The maximum Gasteiger partial charge on any atom is 0.0964 e. The van der Waals surface area contributed by atoms with E-state index < -0.39 is 0 Å². The minimum Gasteiger partial charge on any atom is -0.501 e. The maximum absolute atomic E-state index is 5.21. The van der Waals surface area contributed by atoms with Crippen molar-refractivity contribution in [2.24, 2.45) is 0 Å². The lowest BCUT2D eigenvalue weighted by Gasteiger charge is -2.14. The summed E-state index contributed by atoms with van der Waals surface area (Å²) >= 11 is 0. The molecule has 0 aliphatic heterocycles. The molecule has 0 fully saturated rings. The van der Waals surface area contributed by atoms with Crippen LogP contribution in [0.15, 0.2) is 30.0 Å². The molecule has 1 aromatic rings. The first-order valence-corrected chi connectivity index (χ1v) is 4.22. The Morgan fingerprint density at radius 2 is 2.00 bits per heavy atom. The van der Waals surface area contributed by atoms with Gasteiger partial charge in [0.25, 0.3) is 0 Å². The van der Waals surface area contributed by atoms with Crippen molar-refractivity contribution in [1.29, 1.82) is 0 Å². The van der Waals surface area contributed by atoms with Crippen molar-refractivity contribution >= 4 is 6.08 Å². The van der Waals surface area contributed by atoms with E-state index in [9.17, 15) is 0 Å². The molecule has 0 N–H and O–H groups in total. The molecule has 0 spiro atoms. The van der Waals surface area contributed by atoms with Crippen LogP contribution in [0.1, 0.15) is 17.5 Å². The summed E-state index contributed by atoms with van der Waals surface area (Å²) in [6.45, 7) is 0. The summed E-state index contributed by atoms with van der Waals surface area (Å²) in [5.74, 6) is 1.09. The normalized spacial score (nSPS) is 14.9. The van der Waals surface area contributed by atoms with Crippen LogP contribution < -0.4 is 0 Å². The highest BCUT2D eigenvalue weighted by atomic mass is 16.5. The number of ether oxygens (including phenoxy) is 1. The van der Waals surface area contributed by atoms with E-state index in [1.165, 1.54) is 11.1 Å². The Morgan fingerprint density at radius 3 is 2.83 bits per heavy atom. The summed E-state index contributed by atoms with van der Waals surface area (Å²) < 4.78 is 5.21. The van der Waals surface area contributed by atoms with Gasteiger partial charge in [0.1, 0.15) is 0 Å². The van der Waals surface area contributed by atoms with E-state index in [4.69, 9.17) is 4.74 Å². The largest absolute Gasteiger partial charge is 0.501 e. The first kappa shape index (κ1) is 7.41. The lowest BCUT2D eigenvalue weighted by atomic mass is 9.96. The van der Waals surface area contributed by atoms with Gasteiger partial charge in [0.05, 0.1) is 12.9 Å². The van der Waals surface area contributed by atoms with E-state index in [0.717, 1.165) is 18.6 Å². The summed E-state index contributed by atoms with van der Waals surface area (Å²) in [6, 6.07) is 8.46. The Balaban J connectivity index is 2.41. The standard InChI is InChI=1S/C11H12O/c1-12-11-7-6-9-4-2-3-5-10(9)8-11/h2-5,8H,6-7H2,1H3. The van der Waals surface area contributed by atoms with Crippen LogP contribution in [0.5, 0.6) is 0 Å². The highest BCUT2D eigenvalue weighted by molar-refractivity contribution is 5.57. The van der Waals surface area contributed by atoms with Crippen molar-refractivity contribution in [2.75, 3.05) is 7.11 Å². The fourth-order valence-corrected chi connectivity index (χ4v) is 1.57. The highest BCUT2D eigenvalue weighted by Crippen LogP contribution is 2.23. The van der Waals surface area contributed by atoms with Gasteiger partial charge >= 0.3 is 0 Å². The Morgan fingerprint density at radius 1 is 1.17 bits per heavy atom. The molecule has 2 rings (SSSR count). The quantitative estimate of drug-likeness (QED) is 0.613. The van der Waals surface area contributed by atoms with Crippen LogP contribution in [-0.4, -0.2) is 7.11 Å². The van der Waals surface area contributed by atoms with E-state index in [0.29, 0.717) is 0 Å². The van der Waals surface area contributed by atoms with Gasteiger partial charge in [0.2, 0.25) is 0 Å². The molecule has 0 atom stereocenters. The van der Waals surface area contributed by atoms with Crippen molar-refractivity contribution in [3.63, 3.8) is 0 Å². The molecule has 1 aromatic carbocycles. The van der Waals surface area contributed by atoms with Gasteiger partial charge in [0, 0.05) is 6.42 Å². The van der Waals surface area contributed by atoms with Gasteiger partial charge in [-0.15, -0.1) is 0 Å². The molecule has 0 amide bonds. The van der Waals surface area contributed by atoms with E-state index in [2.05, 4.69) is 30.3 Å². The Hall–Kier alpha value is -1.24. The van der Waals surface area contributed by atoms with Crippen LogP contribution in [0.2, 0.25) is 0 Å². The van der Waals surface area contributed by atoms with E-state index in [-0.39, 0.29) is 0 Å². The lowest BCUT2D eigenvalue weighted by Crippen LogP contribution is -1.99. The second-order valence-corrected chi connectivity index (χ2v) is 3.01. The molecule has 0 bridgehead atoms. The second kappa shape index (κ2) is 3.02. The van der Waals surface area contributed by atoms with Gasteiger partial charge in [-0.1, -0.05) is 24.3 Å². The number of fused-ring (bicyclic) bond motifs is 1. The third-order valence-corrected chi connectivity index (χ3v) is 2.27. The van der Waals surface area contributed by atoms with Gasteiger partial charge in [-0.2, -0.15) is 0 Å². The smallest absolute Gasteiger partial charge is 0.0964 e. The lowest BCUT2D eigenvalue weighted by molar-refractivity contribution is 0.280. The van der Waals surface area contributed by atoms with Gasteiger partial charge in [-0.25, -0.2) is 0 Å². The molecule has 0 saturated carbocycles. The number of aryl methyl sites for hydroxylation is 1. The van der Waals surface area contributed by atoms with E-state index >= 15 is 0 Å². The number of hydrogen-bond donors (Lipinski definition) is 0. The minimum absolute atomic E-state index is 1.04. The molecular weight excluding hydrogens is 148 g/mol. The Bertz CT molecular complexity index is 313. The van der Waals surface area contributed by atoms with Crippen molar-refractivity contribution in [3.05, 3.63) is 41.2 Å². The Kier molecular flexibility index (Phi) is 1.86. The zero-order valence-corrected chi connectivity index (χ0v) is 7.21. The van der Waals surface area contributed by atoms with E-state index in [1.54, 1.807) is 7.11 Å². The van der Waals surface area contributed by atoms with Crippen LogP contribution in [0.4, 0.5) is 0 Å². The van der Waals surface area contributed by atoms with Crippen LogP contribution >= 0.6 is 0 Å². The fourth-order valence-electron chi connectivity index (χ4n) is 1.57. The van der Waals surface area contributed by atoms with Gasteiger partial charge in [-0.3, -0.25) is 0 Å². The molecule has 0 aromatic heterocycles. The van der Waals surface area contributed by atoms with Crippen LogP contribution in [0.3, 0.4) is 0 Å². The van der Waals surface area contributed by atoms with Crippen LogP contribution in [0, 0.1) is 0 Å². The van der Waals surface area contributed by atoms with Crippen molar-refractivity contribution in [2.45, 2.75) is 12.8 Å². The van der Waals surface area contributed by atoms with E-state index in [1.807, 2.05) is 0 Å². The zero-order chi connectivity index (χ0) is 8.39. The fraction of sp³-hybridized carbons (Fsp3) is 0.273. The molecule has 1 nitrogen and oxygen atoms in total. The summed E-state index contributed by atoms with van der Waals surface area (Å²) in [5, 5.41) is 0. The minimum atomic E-state index is 1.04. The number of allylic oxidation sites excluding steroid dienone is 1. The molecule has 0 heterocycles. The van der Waals surface area contributed by atoms with Gasteiger partial charge in [0.15, 0.2) is 0 Å². The predicted octanol–water partition coefficient (Wildman–Crippen LogP) is 2.62. The predicted molar refractivity (Wildman–Crippen MR) is 49.7 cm³/mol. The maximum atomic E-state index is 5.21. The molecular formula is C11H12O. The summed E-state index contributed by atoms with van der Waals surface area (Å²) in [5.41, 5.74) is 2.74. The second-order valence-electron chi connectivity index (χ2n) is 3.01. The summed E-state index contributed by atoms with van der Waals surface area (Å²) in [4.78, 5) is 0. The van der Waals surface area contributed by atoms with Crippen LogP contribution in [-0.2, 0) is 11.2 Å². The molecule has 12 heavy (non-hydrogen) atoms. The summed E-state index contributed by atoms with van der Waals surface area (Å²) in [6.07, 6.45) is 4.27. The highest BCUT2D eigenvalue weighted by Gasteiger charge is 2.08. The average Bonchev–Trinajstić information content (AvgIpc) is 2.17. The van der Waals surface area contributed by atoms with Crippen LogP contribution in [0.25, 0.3) is 6.08 Å². The first-order valence-electron chi connectivity index (χ1n) is 4.22. The van der Waals surface area contributed by atoms with Crippen molar-refractivity contribution < 1.29 is 4.74 Å². The monoisotopic (exact) mass is 160 g/mol. The van der Waals surface area contributed by atoms with Crippen molar-refractivity contribution in [3.8, 4) is 0 Å². The number of hydrogen-bond acceptors (Lipinski definition) is 1. The Labute approximate surface area is 72.7 Å². The number of benzene rings is 1. The third kappa shape index (κ3) is 1.22. The molecule has 1 aliphatic carbocycles. The first-order chi connectivity index (χ1) is 5.90. The molecule has 1 aliphatic rings. The average molecular weight is 160 g/mol. The third-order valence-electron chi connectivity index (χ3n) is 2.27. The SMILES string of the molecule is COC1=Cc2ccccc2CC1. The van der Waals surface area contributed by atoms with Crippen molar-refractivity contribution in [1.82, 2.24) is 0 Å². The van der Waals surface area contributed by atoms with Gasteiger partial charge < -0.3 is 4.74 Å². The number of rotatable bonds is 1. The van der Waals surface area contributed by atoms with Gasteiger partial charge in [-0.05, 0) is 23.6 Å². The molecule has 0 unspecified atom stereocenters. The molecule has 1 heteroatoms. The molecule has 0 radical (unpaired) electrons. The zero-order valence-electron chi connectivity index (χ0n) is 7.21. The number of methoxy groups -OCH3 is 1. The molecule has 62 valence electrons.